The molecule has 2 nitrogen and oxygen atoms in total. The molecule has 0 aliphatic rings. The summed E-state index contributed by atoms with van der Waals surface area (Å²) >= 11 is 5.02. The molecule has 0 saturated carbocycles. The predicted molar refractivity (Wildman–Crippen MR) is 68.7 cm³/mol. The third kappa shape index (κ3) is 5.95. The quantitative estimate of drug-likeness (QED) is 0.607. The van der Waals surface area contributed by atoms with Gasteiger partial charge in [-0.05, 0) is 35.2 Å². The molecule has 1 aromatic heterocycles. The van der Waals surface area contributed by atoms with Crippen LogP contribution in [0.25, 0.3) is 0 Å². The van der Waals surface area contributed by atoms with Gasteiger partial charge in [-0.25, -0.2) is 0 Å². The normalized spacial score (nSPS) is 10.2. The first-order valence-corrected chi connectivity index (χ1v) is 7.23. The Kier molecular flexibility index (Phi) is 6.68. The summed E-state index contributed by atoms with van der Waals surface area (Å²) in [6, 6.07) is 2.00. The van der Waals surface area contributed by atoms with E-state index in [1.165, 1.54) is 12.8 Å². The molecular formula is C11H16BrNOS. The number of alkyl halides is 1. The molecule has 0 fully saturated rings. The lowest BCUT2D eigenvalue weighted by molar-refractivity contribution is -0.120. The first kappa shape index (κ1) is 12.7. The molecule has 84 valence electrons. The number of unbranched alkanes of at least 4 members (excludes halogenated alkanes) is 2. The van der Waals surface area contributed by atoms with Gasteiger partial charge in [0.2, 0.25) is 5.91 Å². The maximum atomic E-state index is 11.4. The lowest BCUT2D eigenvalue weighted by Crippen LogP contribution is -2.25. The van der Waals surface area contributed by atoms with Gasteiger partial charge in [0.25, 0.3) is 0 Å². The maximum Gasteiger partial charge on any atom is 0.224 e. The number of hydrogen-bond acceptors (Lipinski definition) is 2. The Balaban J connectivity index is 2.04. The van der Waals surface area contributed by atoms with E-state index in [9.17, 15) is 4.79 Å². The summed E-state index contributed by atoms with van der Waals surface area (Å²) in [4.78, 5) is 11.4. The molecule has 0 spiro atoms. The Hall–Kier alpha value is -0.350. The van der Waals surface area contributed by atoms with Crippen molar-refractivity contribution in [3.63, 3.8) is 0 Å². The summed E-state index contributed by atoms with van der Waals surface area (Å²) < 4.78 is 0. The number of thiophene rings is 1. The van der Waals surface area contributed by atoms with Crippen molar-refractivity contribution < 1.29 is 4.79 Å². The van der Waals surface area contributed by atoms with Crippen molar-refractivity contribution >= 4 is 33.2 Å². The van der Waals surface area contributed by atoms with E-state index in [0.717, 1.165) is 23.9 Å². The van der Waals surface area contributed by atoms with Crippen molar-refractivity contribution in [2.45, 2.75) is 25.7 Å². The molecule has 1 aromatic rings. The van der Waals surface area contributed by atoms with Crippen LogP contribution in [-0.2, 0) is 11.2 Å². The fourth-order valence-electron chi connectivity index (χ4n) is 1.27. The van der Waals surface area contributed by atoms with Crippen molar-refractivity contribution in [2.24, 2.45) is 0 Å². The highest BCUT2D eigenvalue weighted by atomic mass is 79.9. The van der Waals surface area contributed by atoms with E-state index in [2.05, 4.69) is 21.2 Å². The summed E-state index contributed by atoms with van der Waals surface area (Å²) in [5.41, 5.74) is 1.11. The van der Waals surface area contributed by atoms with E-state index in [0.29, 0.717) is 6.42 Å². The highest BCUT2D eigenvalue weighted by molar-refractivity contribution is 9.09. The summed E-state index contributed by atoms with van der Waals surface area (Å²) in [6.07, 6.45) is 3.94. The molecule has 1 N–H and O–H groups in total. The van der Waals surface area contributed by atoms with Crippen molar-refractivity contribution in [2.75, 3.05) is 11.9 Å². The summed E-state index contributed by atoms with van der Waals surface area (Å²) in [5, 5.41) is 8.00. The average molecular weight is 290 g/mol. The molecule has 0 aliphatic heterocycles. The number of nitrogens with one attached hydrogen (secondary N) is 1. The summed E-state index contributed by atoms with van der Waals surface area (Å²) in [6.45, 7) is 0.802. The fraction of sp³-hybridized carbons (Fsp3) is 0.545. The summed E-state index contributed by atoms with van der Waals surface area (Å²) in [7, 11) is 0. The zero-order valence-electron chi connectivity index (χ0n) is 8.67. The minimum Gasteiger partial charge on any atom is -0.356 e. The molecule has 0 aromatic carbocycles. The predicted octanol–water partition coefficient (Wildman–Crippen LogP) is 2.97. The molecule has 1 rings (SSSR count). The minimum atomic E-state index is 0.132. The third-order valence-electron chi connectivity index (χ3n) is 2.08. The van der Waals surface area contributed by atoms with Crippen LogP contribution in [0.5, 0.6) is 0 Å². The van der Waals surface area contributed by atoms with Gasteiger partial charge < -0.3 is 5.32 Å². The number of carbonyl (C=O) groups excluding carboxylic acids is 1. The van der Waals surface area contributed by atoms with Gasteiger partial charge in [0.1, 0.15) is 0 Å². The third-order valence-corrected chi connectivity index (χ3v) is 3.37. The molecule has 15 heavy (non-hydrogen) atoms. The number of halogens is 1. The van der Waals surface area contributed by atoms with E-state index < -0.39 is 0 Å². The lowest BCUT2D eigenvalue weighted by Gasteiger charge is -2.03. The average Bonchev–Trinajstić information content (AvgIpc) is 2.70. The first-order valence-electron chi connectivity index (χ1n) is 5.16. The Bertz CT molecular complexity index is 274. The van der Waals surface area contributed by atoms with E-state index in [1.807, 2.05) is 16.8 Å². The number of rotatable bonds is 7. The number of hydrogen-bond donors (Lipinski definition) is 1. The van der Waals surface area contributed by atoms with E-state index in [4.69, 9.17) is 0 Å². The van der Waals surface area contributed by atoms with Crippen LogP contribution < -0.4 is 5.32 Å². The van der Waals surface area contributed by atoms with Crippen molar-refractivity contribution in [3.05, 3.63) is 22.4 Å². The van der Waals surface area contributed by atoms with E-state index in [1.54, 1.807) is 11.3 Å². The van der Waals surface area contributed by atoms with E-state index in [-0.39, 0.29) is 5.91 Å². The van der Waals surface area contributed by atoms with Crippen LogP contribution >= 0.6 is 27.3 Å². The maximum absolute atomic E-state index is 11.4. The molecule has 1 amide bonds. The van der Waals surface area contributed by atoms with Gasteiger partial charge in [-0.1, -0.05) is 22.4 Å². The lowest BCUT2D eigenvalue weighted by atomic mass is 10.2. The zero-order valence-corrected chi connectivity index (χ0v) is 11.1. The Morgan fingerprint density at radius 1 is 1.40 bits per heavy atom. The van der Waals surface area contributed by atoms with Gasteiger partial charge >= 0.3 is 0 Å². The van der Waals surface area contributed by atoms with Crippen LogP contribution in [0.15, 0.2) is 16.8 Å². The monoisotopic (exact) mass is 289 g/mol. The highest BCUT2D eigenvalue weighted by Crippen LogP contribution is 2.06. The molecule has 0 saturated heterocycles. The number of carbonyl (C=O) groups is 1. The fourth-order valence-corrected chi connectivity index (χ4v) is 2.33. The summed E-state index contributed by atoms with van der Waals surface area (Å²) in [5.74, 6) is 0.132. The minimum absolute atomic E-state index is 0.132. The Labute approximate surface area is 103 Å². The largest absolute Gasteiger partial charge is 0.356 e. The van der Waals surface area contributed by atoms with Crippen LogP contribution in [-0.4, -0.2) is 17.8 Å². The Morgan fingerprint density at radius 2 is 2.27 bits per heavy atom. The number of amides is 1. The molecule has 0 atom stereocenters. The molecular weight excluding hydrogens is 274 g/mol. The van der Waals surface area contributed by atoms with Gasteiger partial charge in [-0.2, -0.15) is 11.3 Å². The molecule has 0 bridgehead atoms. The molecule has 0 aliphatic carbocycles. The zero-order chi connectivity index (χ0) is 10.9. The molecule has 0 unspecified atom stereocenters. The second-order valence-corrected chi connectivity index (χ2v) is 4.98. The molecule has 1 heterocycles. The standard InChI is InChI=1S/C11H16BrNOS/c12-5-2-1-3-6-13-11(14)8-10-4-7-15-9-10/h4,7,9H,1-3,5-6,8H2,(H,13,14). The SMILES string of the molecule is O=C(Cc1ccsc1)NCCCCCBr. The first-order chi connectivity index (χ1) is 7.33. The molecule has 0 radical (unpaired) electrons. The second-order valence-electron chi connectivity index (χ2n) is 3.41. The Morgan fingerprint density at radius 3 is 2.93 bits per heavy atom. The van der Waals surface area contributed by atoms with Crippen LogP contribution in [0.2, 0.25) is 0 Å². The van der Waals surface area contributed by atoms with Crippen LogP contribution in [0, 0.1) is 0 Å². The van der Waals surface area contributed by atoms with E-state index >= 15 is 0 Å². The van der Waals surface area contributed by atoms with Crippen molar-refractivity contribution in [1.82, 2.24) is 5.32 Å². The topological polar surface area (TPSA) is 29.1 Å². The van der Waals surface area contributed by atoms with Gasteiger partial charge in [0, 0.05) is 11.9 Å². The van der Waals surface area contributed by atoms with Crippen LogP contribution in [0.1, 0.15) is 24.8 Å². The molecule has 4 heteroatoms. The van der Waals surface area contributed by atoms with Gasteiger partial charge in [-0.15, -0.1) is 0 Å². The van der Waals surface area contributed by atoms with Crippen molar-refractivity contribution in [3.8, 4) is 0 Å². The second kappa shape index (κ2) is 7.88. The highest BCUT2D eigenvalue weighted by Gasteiger charge is 2.02. The smallest absolute Gasteiger partial charge is 0.224 e. The van der Waals surface area contributed by atoms with Gasteiger partial charge in [0.05, 0.1) is 6.42 Å². The van der Waals surface area contributed by atoms with Crippen LogP contribution in [0.3, 0.4) is 0 Å². The van der Waals surface area contributed by atoms with Crippen LogP contribution in [0.4, 0.5) is 0 Å². The van der Waals surface area contributed by atoms with Gasteiger partial charge in [-0.3, -0.25) is 4.79 Å². The van der Waals surface area contributed by atoms with Crippen molar-refractivity contribution in [1.29, 1.82) is 0 Å². The van der Waals surface area contributed by atoms with Gasteiger partial charge in [0.15, 0.2) is 0 Å².